The number of hydrogen-bond acceptors (Lipinski definition) is 5. The number of aryl methyl sites for hydroxylation is 1. The predicted molar refractivity (Wildman–Crippen MR) is 111 cm³/mol. The highest BCUT2D eigenvalue weighted by atomic mass is 35.5. The van der Waals surface area contributed by atoms with Gasteiger partial charge in [-0.25, -0.2) is 18.5 Å². The lowest BCUT2D eigenvalue weighted by Crippen LogP contribution is -2.19. The van der Waals surface area contributed by atoms with E-state index in [9.17, 15) is 8.42 Å². The number of primary sulfonamides is 1. The summed E-state index contributed by atoms with van der Waals surface area (Å²) in [5, 5.41) is 5.26. The molecule has 3 rings (SSSR count). The Kier molecular flexibility index (Phi) is 6.22. The summed E-state index contributed by atoms with van der Waals surface area (Å²) in [5.74, 6) is 0.912. The number of imidazole rings is 1. The number of halogens is 1. The zero-order chi connectivity index (χ0) is 19.6. The monoisotopic (exact) mass is 426 g/mol. The maximum atomic E-state index is 11.6. The van der Waals surface area contributed by atoms with E-state index < -0.39 is 10.0 Å². The molecule has 0 atom stereocenters. The Bertz CT molecular complexity index is 1040. The van der Waals surface area contributed by atoms with E-state index in [1.807, 2.05) is 19.2 Å². The maximum Gasteiger partial charge on any atom is 0.238 e. The highest BCUT2D eigenvalue weighted by molar-refractivity contribution is 7.89. The number of nitrogens with two attached hydrogens (primary N) is 1. The van der Waals surface area contributed by atoms with E-state index in [0.29, 0.717) is 12.1 Å². The summed E-state index contributed by atoms with van der Waals surface area (Å²) in [6.07, 6.45) is 2.09. The van der Waals surface area contributed by atoms with Gasteiger partial charge in [0.1, 0.15) is 5.82 Å². The average molecular weight is 427 g/mol. The SMILES string of the molecule is CCCCn1c(CN(C)Cc2ccc(Cl)s2)nc2cc(S(N)(=O)=O)ccc21. The van der Waals surface area contributed by atoms with Crippen LogP contribution in [0.3, 0.4) is 0 Å². The van der Waals surface area contributed by atoms with Crippen molar-refractivity contribution >= 4 is 44.0 Å². The molecule has 0 aliphatic carbocycles. The first-order valence-corrected chi connectivity index (χ1v) is 11.5. The fraction of sp³-hybridized carbons (Fsp3) is 0.389. The highest BCUT2D eigenvalue weighted by Crippen LogP contribution is 2.24. The molecule has 6 nitrogen and oxygen atoms in total. The number of nitrogens with zero attached hydrogens (tertiary/aromatic N) is 3. The Morgan fingerprint density at radius 3 is 2.67 bits per heavy atom. The van der Waals surface area contributed by atoms with E-state index in [-0.39, 0.29) is 4.90 Å². The zero-order valence-electron chi connectivity index (χ0n) is 15.4. The number of aromatic nitrogens is 2. The summed E-state index contributed by atoms with van der Waals surface area (Å²) in [5.41, 5.74) is 1.58. The van der Waals surface area contributed by atoms with Gasteiger partial charge in [0.05, 0.1) is 26.8 Å². The zero-order valence-corrected chi connectivity index (χ0v) is 17.7. The van der Waals surface area contributed by atoms with Crippen molar-refractivity contribution in [1.82, 2.24) is 14.5 Å². The minimum absolute atomic E-state index is 0.0864. The highest BCUT2D eigenvalue weighted by Gasteiger charge is 2.16. The van der Waals surface area contributed by atoms with Crippen molar-refractivity contribution < 1.29 is 8.42 Å². The first-order valence-electron chi connectivity index (χ1n) is 8.72. The second-order valence-electron chi connectivity index (χ2n) is 6.61. The van der Waals surface area contributed by atoms with Crippen LogP contribution in [0.15, 0.2) is 35.2 Å². The number of thiophene rings is 1. The van der Waals surface area contributed by atoms with Crippen LogP contribution in [0.1, 0.15) is 30.5 Å². The van der Waals surface area contributed by atoms with E-state index in [0.717, 1.165) is 41.6 Å². The average Bonchev–Trinajstić information content (AvgIpc) is 3.14. The van der Waals surface area contributed by atoms with E-state index in [1.54, 1.807) is 29.5 Å². The summed E-state index contributed by atoms with van der Waals surface area (Å²) in [6, 6.07) is 8.82. The number of benzene rings is 1. The van der Waals surface area contributed by atoms with Crippen LogP contribution in [-0.4, -0.2) is 29.9 Å². The Morgan fingerprint density at radius 1 is 1.26 bits per heavy atom. The Hall–Kier alpha value is -1.45. The molecule has 2 aromatic heterocycles. The van der Waals surface area contributed by atoms with Gasteiger partial charge in [0.15, 0.2) is 0 Å². The number of unbranched alkanes of at least 4 members (excludes halogenated alkanes) is 1. The molecule has 0 saturated heterocycles. The van der Waals surface area contributed by atoms with Gasteiger partial charge < -0.3 is 4.57 Å². The Labute approximate surface area is 168 Å². The van der Waals surface area contributed by atoms with E-state index in [1.165, 1.54) is 4.88 Å². The van der Waals surface area contributed by atoms with Crippen molar-refractivity contribution in [3.8, 4) is 0 Å². The van der Waals surface area contributed by atoms with Crippen LogP contribution < -0.4 is 5.14 Å². The molecular weight excluding hydrogens is 404 g/mol. The van der Waals surface area contributed by atoms with Crippen molar-refractivity contribution in [2.45, 2.75) is 44.3 Å². The maximum absolute atomic E-state index is 11.6. The lowest BCUT2D eigenvalue weighted by Gasteiger charge is -2.16. The van der Waals surface area contributed by atoms with E-state index in [2.05, 4.69) is 16.4 Å². The second-order valence-corrected chi connectivity index (χ2v) is 9.97. The number of hydrogen-bond donors (Lipinski definition) is 1. The van der Waals surface area contributed by atoms with Gasteiger partial charge >= 0.3 is 0 Å². The predicted octanol–water partition coefficient (Wildman–Crippen LogP) is 3.83. The van der Waals surface area contributed by atoms with Crippen LogP contribution in [0.4, 0.5) is 0 Å². The molecule has 0 bridgehead atoms. The van der Waals surface area contributed by atoms with Crippen LogP contribution in [0.5, 0.6) is 0 Å². The lowest BCUT2D eigenvalue weighted by atomic mass is 10.3. The van der Waals surface area contributed by atoms with Crippen LogP contribution in [0.25, 0.3) is 11.0 Å². The molecule has 2 N–H and O–H groups in total. The van der Waals surface area contributed by atoms with Crippen molar-refractivity contribution in [1.29, 1.82) is 0 Å². The minimum Gasteiger partial charge on any atom is -0.327 e. The molecule has 3 aromatic rings. The van der Waals surface area contributed by atoms with Gasteiger partial charge in [-0.05, 0) is 43.8 Å². The molecule has 9 heteroatoms. The van der Waals surface area contributed by atoms with Crippen LogP contribution >= 0.6 is 22.9 Å². The van der Waals surface area contributed by atoms with Crippen molar-refractivity contribution in [2.75, 3.05) is 7.05 Å². The smallest absolute Gasteiger partial charge is 0.238 e. The number of sulfonamides is 1. The summed E-state index contributed by atoms with van der Waals surface area (Å²) in [6.45, 7) is 4.41. The summed E-state index contributed by atoms with van der Waals surface area (Å²) in [7, 11) is -1.71. The van der Waals surface area contributed by atoms with Gasteiger partial charge in [0.2, 0.25) is 10.0 Å². The summed E-state index contributed by atoms with van der Waals surface area (Å²) < 4.78 is 26.2. The molecule has 146 valence electrons. The van der Waals surface area contributed by atoms with Gasteiger partial charge in [0, 0.05) is 18.0 Å². The van der Waals surface area contributed by atoms with Crippen molar-refractivity contribution in [3.05, 3.63) is 45.4 Å². The number of rotatable bonds is 8. The molecule has 0 radical (unpaired) electrons. The fourth-order valence-corrected chi connectivity index (χ4v) is 4.72. The molecule has 2 heterocycles. The van der Waals surface area contributed by atoms with Gasteiger partial charge in [-0.1, -0.05) is 24.9 Å². The second kappa shape index (κ2) is 8.28. The van der Waals surface area contributed by atoms with Crippen LogP contribution in [-0.2, 0) is 29.7 Å². The molecule has 0 aliphatic heterocycles. The van der Waals surface area contributed by atoms with Gasteiger partial charge in [-0.15, -0.1) is 11.3 Å². The van der Waals surface area contributed by atoms with E-state index in [4.69, 9.17) is 21.7 Å². The lowest BCUT2D eigenvalue weighted by molar-refractivity contribution is 0.308. The first kappa shape index (κ1) is 20.3. The summed E-state index contributed by atoms with van der Waals surface area (Å²) in [4.78, 5) is 8.15. The summed E-state index contributed by atoms with van der Waals surface area (Å²) >= 11 is 7.59. The molecule has 0 aliphatic rings. The van der Waals surface area contributed by atoms with Gasteiger partial charge in [-0.2, -0.15) is 0 Å². The molecule has 0 fully saturated rings. The minimum atomic E-state index is -3.75. The molecule has 0 amide bonds. The van der Waals surface area contributed by atoms with Gasteiger partial charge in [-0.3, -0.25) is 4.90 Å². The van der Waals surface area contributed by atoms with E-state index >= 15 is 0 Å². The molecule has 0 spiro atoms. The third kappa shape index (κ3) is 4.89. The van der Waals surface area contributed by atoms with Gasteiger partial charge in [0.25, 0.3) is 0 Å². The quantitative estimate of drug-likeness (QED) is 0.593. The van der Waals surface area contributed by atoms with Crippen LogP contribution in [0.2, 0.25) is 4.34 Å². The standard InChI is InChI=1S/C18H23ClN4O2S2/c1-3-4-9-23-16-7-6-14(27(20,24)25)10-15(16)21-18(23)12-22(2)11-13-5-8-17(19)26-13/h5-8,10H,3-4,9,11-12H2,1-2H3,(H2,20,24,25). The van der Waals surface area contributed by atoms with Crippen LogP contribution in [0, 0.1) is 0 Å². The third-order valence-electron chi connectivity index (χ3n) is 4.33. The topological polar surface area (TPSA) is 81.2 Å². The molecule has 0 unspecified atom stereocenters. The number of fused-ring (bicyclic) bond motifs is 1. The molecular formula is C18H23ClN4O2S2. The Balaban J connectivity index is 1.91. The molecule has 1 aromatic carbocycles. The Morgan fingerprint density at radius 2 is 2.04 bits per heavy atom. The van der Waals surface area contributed by atoms with Crippen molar-refractivity contribution in [2.24, 2.45) is 5.14 Å². The largest absolute Gasteiger partial charge is 0.327 e. The first-order chi connectivity index (χ1) is 12.8. The molecule has 27 heavy (non-hydrogen) atoms. The van der Waals surface area contributed by atoms with Crippen molar-refractivity contribution in [3.63, 3.8) is 0 Å². The third-order valence-corrected chi connectivity index (χ3v) is 6.46. The fourth-order valence-electron chi connectivity index (χ4n) is 3.02. The normalized spacial score (nSPS) is 12.3. The molecule has 0 saturated carbocycles.